The van der Waals surface area contributed by atoms with Crippen LogP contribution in [-0.4, -0.2) is 60.9 Å². The second-order valence-electron chi connectivity index (χ2n) is 4.50. The third-order valence-electron chi connectivity index (χ3n) is 3.13. The molecule has 1 saturated heterocycles. The summed E-state index contributed by atoms with van der Waals surface area (Å²) in [7, 11) is 0. The number of carbonyl (C=O) groups excluding carboxylic acids is 2. The van der Waals surface area contributed by atoms with Gasteiger partial charge in [0.05, 0.1) is 12.8 Å². The zero-order valence-electron chi connectivity index (χ0n) is 11.1. The summed E-state index contributed by atoms with van der Waals surface area (Å²) in [5, 5.41) is 2.77. The first-order chi connectivity index (χ1) is 9.20. The molecule has 0 bridgehead atoms. The highest BCUT2D eigenvalue weighted by molar-refractivity contribution is 5.91. The first-order valence-electron chi connectivity index (χ1n) is 6.52. The van der Waals surface area contributed by atoms with Crippen LogP contribution in [0.2, 0.25) is 0 Å². The third-order valence-corrected chi connectivity index (χ3v) is 3.13. The molecule has 1 aliphatic heterocycles. The monoisotopic (exact) mass is 265 g/mol. The highest BCUT2D eigenvalue weighted by Crippen LogP contribution is 2.09. The zero-order chi connectivity index (χ0) is 13.7. The minimum atomic E-state index is -0.0809. The molecular formula is C13H19N3O3. The molecule has 2 amide bonds. The number of nitrogens with zero attached hydrogens (tertiary/aromatic N) is 2. The van der Waals surface area contributed by atoms with Crippen LogP contribution in [0.15, 0.2) is 22.8 Å². The van der Waals surface area contributed by atoms with Gasteiger partial charge in [-0.25, -0.2) is 0 Å². The van der Waals surface area contributed by atoms with E-state index < -0.39 is 0 Å². The van der Waals surface area contributed by atoms with Crippen molar-refractivity contribution in [3.63, 3.8) is 0 Å². The predicted octanol–water partition coefficient (Wildman–Crippen LogP) is 0.174. The standard InChI is InChI=1S/C13H19N3O3/c1-2-14-12(17)10-15-5-7-16(8-6-15)13(18)11-4-3-9-19-11/h3-4,9H,2,5-8,10H2,1H3,(H,14,17). The molecule has 6 nitrogen and oxygen atoms in total. The average Bonchev–Trinajstić information content (AvgIpc) is 2.93. The minimum Gasteiger partial charge on any atom is -0.459 e. The van der Waals surface area contributed by atoms with Gasteiger partial charge in [0.1, 0.15) is 0 Å². The number of likely N-dealkylation sites (N-methyl/N-ethyl adjacent to an activating group) is 1. The van der Waals surface area contributed by atoms with Gasteiger partial charge in [0.25, 0.3) is 5.91 Å². The van der Waals surface area contributed by atoms with Crippen LogP contribution >= 0.6 is 0 Å². The Morgan fingerprint density at radius 1 is 1.32 bits per heavy atom. The lowest BCUT2D eigenvalue weighted by atomic mass is 10.3. The van der Waals surface area contributed by atoms with Crippen molar-refractivity contribution in [3.8, 4) is 0 Å². The molecule has 2 heterocycles. The van der Waals surface area contributed by atoms with Crippen LogP contribution < -0.4 is 5.32 Å². The normalized spacial score (nSPS) is 16.4. The topological polar surface area (TPSA) is 65.8 Å². The molecule has 0 saturated carbocycles. The quantitative estimate of drug-likeness (QED) is 0.843. The van der Waals surface area contributed by atoms with E-state index in [1.807, 2.05) is 6.92 Å². The van der Waals surface area contributed by atoms with Gasteiger partial charge in [-0.3, -0.25) is 14.5 Å². The predicted molar refractivity (Wildman–Crippen MR) is 69.7 cm³/mol. The van der Waals surface area contributed by atoms with Crippen LogP contribution in [0.5, 0.6) is 0 Å². The van der Waals surface area contributed by atoms with Crippen LogP contribution in [0.1, 0.15) is 17.5 Å². The first kappa shape index (κ1) is 13.6. The molecule has 1 aromatic heterocycles. The summed E-state index contributed by atoms with van der Waals surface area (Å²) in [6.45, 7) is 5.62. The lowest BCUT2D eigenvalue weighted by Crippen LogP contribution is -2.51. The number of rotatable bonds is 4. The Bertz CT molecular complexity index is 422. The Morgan fingerprint density at radius 3 is 2.63 bits per heavy atom. The fourth-order valence-electron chi connectivity index (χ4n) is 2.12. The van der Waals surface area contributed by atoms with Crippen molar-refractivity contribution in [2.75, 3.05) is 39.3 Å². The van der Waals surface area contributed by atoms with E-state index in [1.165, 1.54) is 6.26 Å². The molecule has 0 radical (unpaired) electrons. The molecule has 0 aliphatic carbocycles. The van der Waals surface area contributed by atoms with E-state index in [4.69, 9.17) is 4.42 Å². The number of amides is 2. The minimum absolute atomic E-state index is 0.0355. The van der Waals surface area contributed by atoms with Gasteiger partial charge in [0.15, 0.2) is 5.76 Å². The summed E-state index contributed by atoms with van der Waals surface area (Å²) in [6, 6.07) is 3.38. The van der Waals surface area contributed by atoms with Crippen LogP contribution in [0.25, 0.3) is 0 Å². The van der Waals surface area contributed by atoms with Crippen molar-refractivity contribution in [2.45, 2.75) is 6.92 Å². The van der Waals surface area contributed by atoms with E-state index in [1.54, 1.807) is 17.0 Å². The van der Waals surface area contributed by atoms with E-state index in [9.17, 15) is 9.59 Å². The van der Waals surface area contributed by atoms with E-state index >= 15 is 0 Å². The number of carbonyl (C=O) groups is 2. The van der Waals surface area contributed by atoms with Crippen molar-refractivity contribution >= 4 is 11.8 Å². The van der Waals surface area contributed by atoms with Crippen molar-refractivity contribution in [3.05, 3.63) is 24.2 Å². The highest BCUT2D eigenvalue weighted by Gasteiger charge is 2.24. The Labute approximate surface area is 112 Å². The molecule has 1 N–H and O–H groups in total. The number of hydrogen-bond acceptors (Lipinski definition) is 4. The molecule has 1 aliphatic rings. The van der Waals surface area contributed by atoms with Crippen LogP contribution in [0.4, 0.5) is 0 Å². The average molecular weight is 265 g/mol. The van der Waals surface area contributed by atoms with Gasteiger partial charge < -0.3 is 14.6 Å². The number of piperazine rings is 1. The van der Waals surface area contributed by atoms with Crippen molar-refractivity contribution in [1.29, 1.82) is 0 Å². The van der Waals surface area contributed by atoms with Gasteiger partial charge in [-0.1, -0.05) is 0 Å². The zero-order valence-corrected chi connectivity index (χ0v) is 11.1. The molecule has 0 spiro atoms. The van der Waals surface area contributed by atoms with Gasteiger partial charge in [-0.15, -0.1) is 0 Å². The lowest BCUT2D eigenvalue weighted by molar-refractivity contribution is -0.122. The molecule has 6 heteroatoms. The molecule has 1 aromatic rings. The molecule has 2 rings (SSSR count). The number of furan rings is 1. The second-order valence-corrected chi connectivity index (χ2v) is 4.50. The largest absolute Gasteiger partial charge is 0.459 e. The maximum atomic E-state index is 12.0. The van der Waals surface area contributed by atoms with E-state index in [0.717, 1.165) is 0 Å². The molecule has 0 unspecified atom stereocenters. The summed E-state index contributed by atoms with van der Waals surface area (Å²) in [4.78, 5) is 27.3. The van der Waals surface area contributed by atoms with Crippen molar-refractivity contribution in [1.82, 2.24) is 15.1 Å². The van der Waals surface area contributed by atoms with Gasteiger partial charge in [0, 0.05) is 32.7 Å². The molecule has 19 heavy (non-hydrogen) atoms. The SMILES string of the molecule is CCNC(=O)CN1CCN(C(=O)c2ccco2)CC1. The maximum absolute atomic E-state index is 12.0. The van der Waals surface area contributed by atoms with Crippen LogP contribution in [0.3, 0.4) is 0 Å². The summed E-state index contributed by atoms with van der Waals surface area (Å²) in [5.41, 5.74) is 0. The fourth-order valence-corrected chi connectivity index (χ4v) is 2.12. The smallest absolute Gasteiger partial charge is 0.289 e. The molecule has 0 aromatic carbocycles. The second kappa shape index (κ2) is 6.38. The highest BCUT2D eigenvalue weighted by atomic mass is 16.3. The summed E-state index contributed by atoms with van der Waals surface area (Å²) in [6.07, 6.45) is 1.50. The number of hydrogen-bond donors (Lipinski definition) is 1. The van der Waals surface area contributed by atoms with Crippen molar-refractivity contribution < 1.29 is 14.0 Å². The molecule has 104 valence electrons. The van der Waals surface area contributed by atoms with Gasteiger partial charge >= 0.3 is 0 Å². The molecular weight excluding hydrogens is 246 g/mol. The third kappa shape index (κ3) is 3.57. The van der Waals surface area contributed by atoms with Gasteiger partial charge in [-0.05, 0) is 19.1 Å². The number of nitrogens with one attached hydrogen (secondary N) is 1. The van der Waals surface area contributed by atoms with E-state index in [0.29, 0.717) is 45.0 Å². The van der Waals surface area contributed by atoms with E-state index in [2.05, 4.69) is 10.2 Å². The summed E-state index contributed by atoms with van der Waals surface area (Å²) >= 11 is 0. The van der Waals surface area contributed by atoms with Crippen molar-refractivity contribution in [2.24, 2.45) is 0 Å². The van der Waals surface area contributed by atoms with Gasteiger partial charge in [-0.2, -0.15) is 0 Å². The lowest BCUT2D eigenvalue weighted by Gasteiger charge is -2.33. The summed E-state index contributed by atoms with van der Waals surface area (Å²) in [5.74, 6) is 0.327. The van der Waals surface area contributed by atoms with E-state index in [-0.39, 0.29) is 11.8 Å². The Hall–Kier alpha value is -1.82. The molecule has 0 atom stereocenters. The van der Waals surface area contributed by atoms with Crippen LogP contribution in [0, 0.1) is 0 Å². The van der Waals surface area contributed by atoms with Crippen LogP contribution in [-0.2, 0) is 4.79 Å². The molecule has 1 fully saturated rings. The Balaban J connectivity index is 1.79. The first-order valence-corrected chi connectivity index (χ1v) is 6.52. The Morgan fingerprint density at radius 2 is 2.05 bits per heavy atom. The Kier molecular flexibility index (Phi) is 4.57. The van der Waals surface area contributed by atoms with Gasteiger partial charge in [0.2, 0.25) is 5.91 Å². The maximum Gasteiger partial charge on any atom is 0.289 e. The summed E-state index contributed by atoms with van der Waals surface area (Å²) < 4.78 is 5.10. The fraction of sp³-hybridized carbons (Fsp3) is 0.538.